The minimum atomic E-state index is -0.451. The van der Waals surface area contributed by atoms with Gasteiger partial charge in [-0.3, -0.25) is 9.59 Å². The smallest absolute Gasteiger partial charge is 0.255 e. The Morgan fingerprint density at radius 2 is 1.87 bits per heavy atom. The number of rotatable bonds is 4. The van der Waals surface area contributed by atoms with Crippen molar-refractivity contribution >= 4 is 17.5 Å². The molecule has 1 N–H and O–H groups in total. The van der Waals surface area contributed by atoms with Crippen LogP contribution in [0.25, 0.3) is 11.3 Å². The number of fused-ring (bicyclic) bond motifs is 1. The van der Waals surface area contributed by atoms with Gasteiger partial charge < -0.3 is 14.6 Å². The van der Waals surface area contributed by atoms with Gasteiger partial charge in [-0.15, -0.1) is 0 Å². The highest BCUT2D eigenvalue weighted by molar-refractivity contribution is 6.04. The standard InChI is InChI=1S/C24H23FN2O3/c1-15(2)24(29)27-11-10-21-18(14-27)13-22(30-21)16-6-8-20(9-7-16)26-23(28)17-4-3-5-19(25)12-17/h3-9,12-13,15H,10-11,14H2,1-2H3,(H,26,28). The SMILES string of the molecule is CC(C)C(=O)N1CCc2oc(-c3ccc(NC(=O)c4cccc(F)c4)cc3)cc2C1. The molecular weight excluding hydrogens is 383 g/mol. The first kappa shape index (κ1) is 19.9. The van der Waals surface area contributed by atoms with Gasteiger partial charge in [-0.25, -0.2) is 4.39 Å². The maximum absolute atomic E-state index is 13.3. The Kier molecular flexibility index (Phi) is 5.40. The van der Waals surface area contributed by atoms with E-state index in [1.54, 1.807) is 18.2 Å². The van der Waals surface area contributed by atoms with E-state index in [2.05, 4.69) is 5.32 Å². The van der Waals surface area contributed by atoms with Gasteiger partial charge in [0.2, 0.25) is 5.91 Å². The fourth-order valence-corrected chi connectivity index (χ4v) is 3.58. The highest BCUT2D eigenvalue weighted by atomic mass is 19.1. The quantitative estimate of drug-likeness (QED) is 0.672. The average molecular weight is 406 g/mol. The second-order valence-electron chi connectivity index (χ2n) is 7.77. The van der Waals surface area contributed by atoms with Crippen molar-refractivity contribution in [1.29, 1.82) is 0 Å². The Morgan fingerprint density at radius 1 is 1.10 bits per heavy atom. The van der Waals surface area contributed by atoms with Gasteiger partial charge in [0.05, 0.1) is 0 Å². The molecule has 4 rings (SSSR count). The number of carbonyl (C=O) groups excluding carboxylic acids is 2. The second-order valence-corrected chi connectivity index (χ2v) is 7.77. The van der Waals surface area contributed by atoms with Crippen LogP contribution in [0.3, 0.4) is 0 Å². The number of anilines is 1. The van der Waals surface area contributed by atoms with Crippen LogP contribution in [0, 0.1) is 11.7 Å². The average Bonchev–Trinajstić information content (AvgIpc) is 3.17. The number of nitrogens with one attached hydrogen (secondary N) is 1. The van der Waals surface area contributed by atoms with Crippen molar-refractivity contribution < 1.29 is 18.4 Å². The Labute approximate surface area is 174 Å². The number of hydrogen-bond donors (Lipinski definition) is 1. The van der Waals surface area contributed by atoms with E-state index < -0.39 is 5.82 Å². The maximum Gasteiger partial charge on any atom is 0.255 e. The summed E-state index contributed by atoms with van der Waals surface area (Å²) in [6.45, 7) is 5.06. The number of halogens is 1. The summed E-state index contributed by atoms with van der Waals surface area (Å²) in [7, 11) is 0. The van der Waals surface area contributed by atoms with Crippen LogP contribution in [0.5, 0.6) is 0 Å². The van der Waals surface area contributed by atoms with Gasteiger partial charge in [-0.1, -0.05) is 19.9 Å². The molecule has 0 saturated carbocycles. The largest absolute Gasteiger partial charge is 0.461 e. The summed E-state index contributed by atoms with van der Waals surface area (Å²) in [5.74, 6) is 0.969. The second kappa shape index (κ2) is 8.14. The van der Waals surface area contributed by atoms with Crippen LogP contribution in [0.1, 0.15) is 35.5 Å². The number of carbonyl (C=O) groups is 2. The molecule has 2 heterocycles. The molecule has 0 atom stereocenters. The van der Waals surface area contributed by atoms with Gasteiger partial charge in [-0.05, 0) is 48.5 Å². The molecule has 1 aromatic heterocycles. The topological polar surface area (TPSA) is 62.6 Å². The first-order valence-electron chi connectivity index (χ1n) is 9.98. The monoisotopic (exact) mass is 406 g/mol. The van der Waals surface area contributed by atoms with Crippen LogP contribution >= 0.6 is 0 Å². The van der Waals surface area contributed by atoms with Gasteiger partial charge in [0.1, 0.15) is 17.3 Å². The van der Waals surface area contributed by atoms with Crippen LogP contribution in [-0.2, 0) is 17.8 Å². The third-order valence-electron chi connectivity index (χ3n) is 5.19. The highest BCUT2D eigenvalue weighted by Crippen LogP contribution is 2.30. The van der Waals surface area contributed by atoms with E-state index in [0.29, 0.717) is 25.2 Å². The lowest BCUT2D eigenvalue weighted by atomic mass is 10.1. The fourth-order valence-electron chi connectivity index (χ4n) is 3.58. The third kappa shape index (κ3) is 4.13. The molecule has 0 unspecified atom stereocenters. The van der Waals surface area contributed by atoms with Gasteiger partial charge in [0, 0.05) is 47.8 Å². The lowest BCUT2D eigenvalue weighted by Crippen LogP contribution is -2.37. The minimum absolute atomic E-state index is 0.0203. The van der Waals surface area contributed by atoms with E-state index in [4.69, 9.17) is 4.42 Å². The normalized spacial score (nSPS) is 13.3. The molecule has 0 aliphatic carbocycles. The maximum atomic E-state index is 13.3. The lowest BCUT2D eigenvalue weighted by molar-refractivity contribution is -0.135. The Balaban J connectivity index is 1.46. The summed E-state index contributed by atoms with van der Waals surface area (Å²) in [4.78, 5) is 26.4. The molecule has 0 bridgehead atoms. The first-order valence-corrected chi connectivity index (χ1v) is 9.98. The van der Waals surface area contributed by atoms with E-state index in [0.717, 1.165) is 22.6 Å². The zero-order chi connectivity index (χ0) is 21.3. The molecule has 1 aliphatic rings. The number of hydrogen-bond acceptors (Lipinski definition) is 3. The molecule has 154 valence electrons. The van der Waals surface area contributed by atoms with Crippen molar-refractivity contribution in [2.45, 2.75) is 26.8 Å². The fraction of sp³-hybridized carbons (Fsp3) is 0.250. The highest BCUT2D eigenvalue weighted by Gasteiger charge is 2.25. The van der Waals surface area contributed by atoms with Crippen LogP contribution < -0.4 is 5.32 Å². The van der Waals surface area contributed by atoms with Gasteiger partial charge in [-0.2, -0.15) is 0 Å². The van der Waals surface area contributed by atoms with E-state index >= 15 is 0 Å². The molecular formula is C24H23FN2O3. The molecule has 1 aliphatic heterocycles. The summed E-state index contributed by atoms with van der Waals surface area (Å²) in [5, 5.41) is 2.76. The van der Waals surface area contributed by atoms with E-state index in [1.807, 2.05) is 36.9 Å². The Hall–Kier alpha value is -3.41. The number of benzene rings is 2. The molecule has 2 amide bonds. The van der Waals surface area contributed by atoms with Crippen molar-refractivity contribution in [2.75, 3.05) is 11.9 Å². The molecule has 0 spiro atoms. The molecule has 30 heavy (non-hydrogen) atoms. The van der Waals surface area contributed by atoms with E-state index in [9.17, 15) is 14.0 Å². The zero-order valence-corrected chi connectivity index (χ0v) is 16.9. The van der Waals surface area contributed by atoms with Gasteiger partial charge >= 0.3 is 0 Å². The molecule has 2 aromatic carbocycles. The number of amides is 2. The predicted molar refractivity (Wildman–Crippen MR) is 112 cm³/mol. The van der Waals surface area contributed by atoms with Crippen LogP contribution in [0.2, 0.25) is 0 Å². The van der Waals surface area contributed by atoms with Crippen LogP contribution in [-0.4, -0.2) is 23.3 Å². The van der Waals surface area contributed by atoms with Crippen LogP contribution in [0.15, 0.2) is 59.0 Å². The van der Waals surface area contributed by atoms with Crippen molar-refractivity contribution in [3.8, 4) is 11.3 Å². The summed E-state index contributed by atoms with van der Waals surface area (Å²) < 4.78 is 19.3. The molecule has 6 heteroatoms. The molecule has 3 aromatic rings. The summed E-state index contributed by atoms with van der Waals surface area (Å²) in [5.41, 5.74) is 2.79. The third-order valence-corrected chi connectivity index (χ3v) is 5.19. The summed E-state index contributed by atoms with van der Waals surface area (Å²) in [6.07, 6.45) is 0.704. The van der Waals surface area contributed by atoms with Crippen molar-refractivity contribution in [2.24, 2.45) is 5.92 Å². The number of furan rings is 1. The molecule has 5 nitrogen and oxygen atoms in total. The van der Waals surface area contributed by atoms with Crippen molar-refractivity contribution in [3.63, 3.8) is 0 Å². The first-order chi connectivity index (χ1) is 14.4. The minimum Gasteiger partial charge on any atom is -0.461 e. The Bertz CT molecular complexity index is 1090. The van der Waals surface area contributed by atoms with Crippen molar-refractivity contribution in [3.05, 3.63) is 77.3 Å². The van der Waals surface area contributed by atoms with Crippen molar-refractivity contribution in [1.82, 2.24) is 4.90 Å². The molecule has 0 radical (unpaired) electrons. The molecule has 0 saturated heterocycles. The van der Waals surface area contributed by atoms with E-state index in [-0.39, 0.29) is 23.3 Å². The van der Waals surface area contributed by atoms with Gasteiger partial charge in [0.15, 0.2) is 0 Å². The summed E-state index contributed by atoms with van der Waals surface area (Å²) in [6, 6.07) is 14.8. The number of nitrogens with zero attached hydrogens (tertiary/aromatic N) is 1. The molecule has 0 fully saturated rings. The Morgan fingerprint density at radius 3 is 2.57 bits per heavy atom. The van der Waals surface area contributed by atoms with Crippen LogP contribution in [0.4, 0.5) is 10.1 Å². The zero-order valence-electron chi connectivity index (χ0n) is 16.9. The predicted octanol–water partition coefficient (Wildman–Crippen LogP) is 4.88. The van der Waals surface area contributed by atoms with E-state index in [1.165, 1.54) is 18.2 Å². The van der Waals surface area contributed by atoms with Gasteiger partial charge in [0.25, 0.3) is 5.91 Å². The summed E-state index contributed by atoms with van der Waals surface area (Å²) >= 11 is 0. The lowest BCUT2D eigenvalue weighted by Gasteiger charge is -2.27.